The maximum Gasteiger partial charge on any atom is 0.160 e. The molecule has 0 fully saturated rings. The Hall–Kier alpha value is 0.950. The van der Waals surface area contributed by atoms with Gasteiger partial charge in [0.2, 0.25) is 0 Å². The van der Waals surface area contributed by atoms with Crippen molar-refractivity contribution in [2.75, 3.05) is 11.6 Å². The van der Waals surface area contributed by atoms with Gasteiger partial charge in [-0.05, 0) is 18.0 Å². The van der Waals surface area contributed by atoms with Gasteiger partial charge in [0.25, 0.3) is 0 Å². The van der Waals surface area contributed by atoms with Crippen molar-refractivity contribution in [2.24, 2.45) is 17.2 Å². The summed E-state index contributed by atoms with van der Waals surface area (Å²) in [5.41, 5.74) is 14.2. The Morgan fingerprint density at radius 1 is 1.25 bits per heavy atom. The maximum atomic E-state index is 6.64. The zero-order valence-corrected chi connectivity index (χ0v) is 15.7. The molecule has 10 heteroatoms. The predicted molar refractivity (Wildman–Crippen MR) is 96.9 cm³/mol. The summed E-state index contributed by atoms with van der Waals surface area (Å²) in [6, 6.07) is 0. The van der Waals surface area contributed by atoms with Gasteiger partial charge in [-0.1, -0.05) is 25.6 Å². The predicted octanol–water partition coefficient (Wildman–Crippen LogP) is 1.60. The van der Waals surface area contributed by atoms with Crippen LogP contribution in [0.5, 0.6) is 0 Å². The largest absolute Gasteiger partial charge is 0.379 e. The molecule has 7 N–H and O–H groups in total. The van der Waals surface area contributed by atoms with Crippen LogP contribution >= 0.6 is 67.8 Å². The number of alkyl halides is 1. The molecule has 0 saturated heterocycles. The highest BCUT2D eigenvalue weighted by Gasteiger charge is 1.79. The standard InChI is InChI=1S/C3H8N2S.C2H5Cl.CH4N2S.ClH.2H3P/c1-2-6-3(4)5;1-2-3;2-1(3)4;;;/h2H2,1H3,(H3,4,5);2H2,1H3;(H4,2,3,4);1H;2*1H3. The third kappa shape index (κ3) is 186. The Morgan fingerprint density at radius 2 is 1.44 bits per heavy atom. The molecule has 0 aliphatic carbocycles. The highest BCUT2D eigenvalue weighted by Crippen LogP contribution is 1.92. The van der Waals surface area contributed by atoms with Crippen molar-refractivity contribution in [3.05, 3.63) is 0 Å². The summed E-state index contributed by atoms with van der Waals surface area (Å²) in [5.74, 6) is 1.62. The van der Waals surface area contributed by atoms with Crippen molar-refractivity contribution in [1.82, 2.24) is 0 Å². The number of nitrogens with one attached hydrogen (secondary N) is 1. The van der Waals surface area contributed by atoms with Crippen LogP contribution in [-0.4, -0.2) is 21.9 Å². The number of halogens is 2. The normalized spacial score (nSPS) is 5.69. The van der Waals surface area contributed by atoms with Crippen molar-refractivity contribution in [3.8, 4) is 0 Å². The minimum atomic E-state index is 0. The first-order valence-electron chi connectivity index (χ1n) is 3.49. The molecule has 0 aromatic carbocycles. The first kappa shape index (κ1) is 36.0. The molecule has 2 unspecified atom stereocenters. The van der Waals surface area contributed by atoms with Crippen molar-refractivity contribution in [3.63, 3.8) is 0 Å². The van der Waals surface area contributed by atoms with E-state index in [4.69, 9.17) is 22.7 Å². The highest BCUT2D eigenvalue weighted by atomic mass is 35.5. The quantitative estimate of drug-likeness (QED) is 0.189. The molecule has 2 atom stereocenters. The van der Waals surface area contributed by atoms with E-state index in [1.807, 2.05) is 13.8 Å². The monoisotopic (exact) mass is 348 g/mol. The van der Waals surface area contributed by atoms with Gasteiger partial charge >= 0.3 is 0 Å². The second kappa shape index (κ2) is 36.0. The van der Waals surface area contributed by atoms with Crippen LogP contribution in [0.2, 0.25) is 0 Å². The van der Waals surface area contributed by atoms with Gasteiger partial charge < -0.3 is 17.2 Å². The fourth-order valence-electron chi connectivity index (χ4n) is 0.156. The van der Waals surface area contributed by atoms with Crippen LogP contribution < -0.4 is 17.2 Å². The molecule has 0 radical (unpaired) electrons. The molecule has 4 nitrogen and oxygen atoms in total. The molecule has 0 saturated carbocycles. The number of thioether (sulfide) groups is 1. The summed E-state index contributed by atoms with van der Waals surface area (Å²) in [5, 5.41) is 6.84. The molecule has 0 aromatic rings. The van der Waals surface area contributed by atoms with E-state index >= 15 is 0 Å². The summed E-state index contributed by atoms with van der Waals surface area (Å²) in [6.45, 7) is 3.85. The van der Waals surface area contributed by atoms with Crippen molar-refractivity contribution >= 4 is 78.1 Å². The number of hydrogen-bond acceptors (Lipinski definition) is 3. The molecular weight excluding hydrogens is 325 g/mol. The van der Waals surface area contributed by atoms with Crippen molar-refractivity contribution < 1.29 is 0 Å². The van der Waals surface area contributed by atoms with Gasteiger partial charge in [0.05, 0.1) is 0 Å². The van der Waals surface area contributed by atoms with Gasteiger partial charge in [-0.3, -0.25) is 5.41 Å². The highest BCUT2D eigenvalue weighted by molar-refractivity contribution is 8.13. The second-order valence-electron chi connectivity index (χ2n) is 1.47. The lowest BCUT2D eigenvalue weighted by Crippen LogP contribution is -2.18. The molecule has 104 valence electrons. The Labute approximate surface area is 126 Å². The molecular formula is C6H24Cl2N4P2S2. The van der Waals surface area contributed by atoms with E-state index in [9.17, 15) is 0 Å². The minimum Gasteiger partial charge on any atom is -0.379 e. The number of thiocarbonyl (C=S) groups is 1. The van der Waals surface area contributed by atoms with E-state index in [1.165, 1.54) is 11.8 Å². The number of rotatable bonds is 1. The number of hydrogen-bond donors (Lipinski definition) is 4. The van der Waals surface area contributed by atoms with Gasteiger partial charge in [0.1, 0.15) is 0 Å². The third-order valence-corrected chi connectivity index (χ3v) is 0.900. The molecule has 16 heavy (non-hydrogen) atoms. The molecule has 0 aliphatic rings. The summed E-state index contributed by atoms with van der Waals surface area (Å²) < 4.78 is 0. The van der Waals surface area contributed by atoms with Crippen LogP contribution in [0.4, 0.5) is 0 Å². The van der Waals surface area contributed by atoms with Crippen LogP contribution in [0, 0.1) is 5.41 Å². The van der Waals surface area contributed by atoms with E-state index in [0.717, 1.165) is 11.6 Å². The summed E-state index contributed by atoms with van der Waals surface area (Å²) in [4.78, 5) is 0. The van der Waals surface area contributed by atoms with Crippen LogP contribution in [-0.2, 0) is 0 Å². The Balaban J connectivity index is -0.0000000226. The lowest BCUT2D eigenvalue weighted by molar-refractivity contribution is 1.49. The summed E-state index contributed by atoms with van der Waals surface area (Å²) in [6.07, 6.45) is 0. The van der Waals surface area contributed by atoms with E-state index < -0.39 is 0 Å². The first-order valence-corrected chi connectivity index (χ1v) is 5.42. The Kier molecular flexibility index (Phi) is 80.9. The lowest BCUT2D eigenvalue weighted by atomic mass is 11.0. The smallest absolute Gasteiger partial charge is 0.160 e. The van der Waals surface area contributed by atoms with Gasteiger partial charge in [-0.25, -0.2) is 0 Å². The van der Waals surface area contributed by atoms with Crippen LogP contribution in [0.1, 0.15) is 13.8 Å². The van der Waals surface area contributed by atoms with Gasteiger partial charge in [0.15, 0.2) is 10.3 Å². The Morgan fingerprint density at radius 3 is 1.44 bits per heavy atom. The summed E-state index contributed by atoms with van der Waals surface area (Å²) >= 11 is 10.4. The molecule has 0 amide bonds. The average molecular weight is 349 g/mol. The van der Waals surface area contributed by atoms with Crippen LogP contribution in [0.25, 0.3) is 0 Å². The number of nitrogens with two attached hydrogens (primary N) is 3. The molecule has 0 spiro atoms. The lowest BCUT2D eigenvalue weighted by Gasteiger charge is -1.85. The van der Waals surface area contributed by atoms with Crippen LogP contribution in [0.3, 0.4) is 0 Å². The van der Waals surface area contributed by atoms with Gasteiger partial charge in [-0.15, -0.1) is 24.0 Å². The molecule has 0 aliphatic heterocycles. The first-order chi connectivity index (χ1) is 5.92. The van der Waals surface area contributed by atoms with E-state index in [0.29, 0.717) is 0 Å². The fourth-order valence-corrected chi connectivity index (χ4v) is 0.467. The van der Waals surface area contributed by atoms with E-state index in [-0.39, 0.29) is 42.5 Å². The average Bonchev–Trinajstić information content (AvgIpc) is 1.86. The third-order valence-electron chi connectivity index (χ3n) is 0.300. The fraction of sp³-hybridized carbons (Fsp3) is 0.667. The number of amidine groups is 1. The van der Waals surface area contributed by atoms with Gasteiger partial charge in [0, 0.05) is 5.88 Å². The topological polar surface area (TPSA) is 102 Å². The van der Waals surface area contributed by atoms with E-state index in [1.54, 1.807) is 0 Å². The maximum absolute atomic E-state index is 6.64. The van der Waals surface area contributed by atoms with Gasteiger partial charge in [-0.2, -0.15) is 19.8 Å². The molecule has 0 aromatic heterocycles. The SMILES string of the molecule is CCCl.CCSC(=N)N.Cl.NC(N)=S.P.P. The minimum absolute atomic E-state index is 0. The molecule has 0 bridgehead atoms. The summed E-state index contributed by atoms with van der Waals surface area (Å²) in [7, 11) is 0. The molecule has 0 heterocycles. The van der Waals surface area contributed by atoms with Crippen molar-refractivity contribution in [2.45, 2.75) is 13.8 Å². The molecule has 0 rings (SSSR count). The van der Waals surface area contributed by atoms with Crippen LogP contribution in [0.15, 0.2) is 0 Å². The van der Waals surface area contributed by atoms with E-state index in [2.05, 4.69) is 23.7 Å². The zero-order chi connectivity index (χ0) is 11.3. The van der Waals surface area contributed by atoms with Crippen molar-refractivity contribution in [1.29, 1.82) is 5.41 Å². The zero-order valence-electron chi connectivity index (χ0n) is 9.66. The second-order valence-corrected chi connectivity index (χ2v) is 3.78. The Bertz CT molecular complexity index is 140.